The summed E-state index contributed by atoms with van der Waals surface area (Å²) < 4.78 is 23.4. The number of methoxy groups -OCH3 is 2. The van der Waals surface area contributed by atoms with Crippen molar-refractivity contribution in [1.82, 2.24) is 4.90 Å². The maximum absolute atomic E-state index is 6.44. The highest BCUT2D eigenvalue weighted by Gasteiger charge is 2.30. The Morgan fingerprint density at radius 2 is 1.77 bits per heavy atom. The van der Waals surface area contributed by atoms with Gasteiger partial charge >= 0.3 is 0 Å². The van der Waals surface area contributed by atoms with Crippen LogP contribution in [0.4, 0.5) is 0 Å². The van der Waals surface area contributed by atoms with Gasteiger partial charge in [0, 0.05) is 19.2 Å². The van der Waals surface area contributed by atoms with Crippen LogP contribution in [0.1, 0.15) is 70.8 Å². The number of benzene rings is 1. The Morgan fingerprint density at radius 1 is 1.00 bits per heavy atom. The predicted molar refractivity (Wildman–Crippen MR) is 127 cm³/mol. The fraction of sp³-hybridized carbons (Fsp3) is 0.769. The van der Waals surface area contributed by atoms with Crippen LogP contribution >= 0.6 is 0 Å². The average Bonchev–Trinajstić information content (AvgIpc) is 2.79. The van der Waals surface area contributed by atoms with Gasteiger partial charge < -0.3 is 18.9 Å². The molecule has 0 N–H and O–H groups in total. The molecule has 3 atom stereocenters. The summed E-state index contributed by atoms with van der Waals surface area (Å²) >= 11 is 0. The third-order valence-corrected chi connectivity index (χ3v) is 6.36. The van der Waals surface area contributed by atoms with Gasteiger partial charge in [0.05, 0.1) is 33.0 Å². The summed E-state index contributed by atoms with van der Waals surface area (Å²) in [5, 5.41) is 0. The van der Waals surface area contributed by atoms with Crippen LogP contribution in [0.3, 0.4) is 0 Å². The Balaban J connectivity index is 1.87. The van der Waals surface area contributed by atoms with Gasteiger partial charge in [0.1, 0.15) is 0 Å². The fourth-order valence-electron chi connectivity index (χ4n) is 4.54. The zero-order chi connectivity index (χ0) is 22.5. The molecule has 1 aliphatic rings. The van der Waals surface area contributed by atoms with Crippen molar-refractivity contribution < 1.29 is 18.9 Å². The molecule has 2 rings (SSSR count). The van der Waals surface area contributed by atoms with E-state index in [9.17, 15) is 0 Å². The van der Waals surface area contributed by atoms with Crippen molar-refractivity contribution in [2.24, 2.45) is 0 Å². The Labute approximate surface area is 190 Å². The number of rotatable bonds is 15. The molecule has 1 fully saturated rings. The highest BCUT2D eigenvalue weighted by atomic mass is 16.5. The minimum Gasteiger partial charge on any atom is -0.493 e. The Bertz CT molecular complexity index is 609. The van der Waals surface area contributed by atoms with E-state index in [-0.39, 0.29) is 0 Å². The molecule has 5 nitrogen and oxygen atoms in total. The summed E-state index contributed by atoms with van der Waals surface area (Å²) in [7, 11) is 5.60. The van der Waals surface area contributed by atoms with Crippen molar-refractivity contribution in [2.75, 3.05) is 41.0 Å². The largest absolute Gasteiger partial charge is 0.493 e. The van der Waals surface area contributed by atoms with E-state index in [0.717, 1.165) is 56.9 Å². The zero-order valence-electron chi connectivity index (χ0n) is 20.5. The highest BCUT2D eigenvalue weighted by Crippen LogP contribution is 2.29. The van der Waals surface area contributed by atoms with E-state index in [1.807, 2.05) is 6.07 Å². The van der Waals surface area contributed by atoms with Crippen molar-refractivity contribution >= 4 is 0 Å². The molecule has 1 aromatic carbocycles. The van der Waals surface area contributed by atoms with Gasteiger partial charge in [-0.1, -0.05) is 45.6 Å². The molecule has 0 aromatic heterocycles. The molecule has 0 amide bonds. The number of hydrogen-bond donors (Lipinski definition) is 0. The van der Waals surface area contributed by atoms with E-state index in [4.69, 9.17) is 18.9 Å². The molecule has 0 radical (unpaired) electrons. The van der Waals surface area contributed by atoms with Crippen LogP contribution in [-0.2, 0) is 15.9 Å². The van der Waals surface area contributed by atoms with Gasteiger partial charge in [-0.25, -0.2) is 0 Å². The lowest BCUT2D eigenvalue weighted by atomic mass is 9.91. The van der Waals surface area contributed by atoms with Crippen LogP contribution in [-0.4, -0.2) is 64.2 Å². The van der Waals surface area contributed by atoms with Crippen LogP contribution in [0.25, 0.3) is 0 Å². The molecule has 1 aliphatic carbocycles. The zero-order valence-corrected chi connectivity index (χ0v) is 20.5. The monoisotopic (exact) mass is 435 g/mol. The summed E-state index contributed by atoms with van der Waals surface area (Å²) in [6.45, 7) is 7.08. The Hall–Kier alpha value is -1.30. The molecule has 31 heavy (non-hydrogen) atoms. The first-order valence-electron chi connectivity index (χ1n) is 12.3. The Morgan fingerprint density at radius 3 is 2.48 bits per heavy atom. The lowest BCUT2D eigenvalue weighted by molar-refractivity contribution is -0.0479. The van der Waals surface area contributed by atoms with Crippen LogP contribution in [0, 0.1) is 0 Å². The summed E-state index contributed by atoms with van der Waals surface area (Å²) in [5.41, 5.74) is 1.21. The van der Waals surface area contributed by atoms with Crippen molar-refractivity contribution in [3.05, 3.63) is 23.8 Å². The van der Waals surface area contributed by atoms with E-state index in [0.29, 0.717) is 18.2 Å². The third-order valence-electron chi connectivity index (χ3n) is 6.36. The second kappa shape index (κ2) is 14.7. The van der Waals surface area contributed by atoms with E-state index < -0.39 is 0 Å². The maximum atomic E-state index is 6.44. The fourth-order valence-corrected chi connectivity index (χ4v) is 4.54. The van der Waals surface area contributed by atoms with Gasteiger partial charge in [-0.2, -0.15) is 0 Å². The van der Waals surface area contributed by atoms with Crippen molar-refractivity contribution in [3.8, 4) is 11.5 Å². The second-order valence-electron chi connectivity index (χ2n) is 8.77. The number of hydrogen-bond acceptors (Lipinski definition) is 5. The topological polar surface area (TPSA) is 40.2 Å². The Kier molecular flexibility index (Phi) is 12.3. The lowest BCUT2D eigenvalue weighted by Gasteiger charge is -2.39. The first kappa shape index (κ1) is 26.0. The van der Waals surface area contributed by atoms with Gasteiger partial charge in [0.2, 0.25) is 0 Å². The molecule has 0 aliphatic heterocycles. The molecule has 0 saturated heterocycles. The summed E-state index contributed by atoms with van der Waals surface area (Å²) in [6, 6.07) is 6.60. The first-order chi connectivity index (χ1) is 15.1. The van der Waals surface area contributed by atoms with Crippen molar-refractivity contribution in [1.29, 1.82) is 0 Å². The minimum absolute atomic E-state index is 0.303. The number of likely N-dealkylation sites (N-methyl/N-ethyl adjacent to an activating group) is 1. The number of ether oxygens (including phenoxy) is 4. The van der Waals surface area contributed by atoms with Gasteiger partial charge in [-0.05, 0) is 56.8 Å². The van der Waals surface area contributed by atoms with Gasteiger partial charge in [-0.15, -0.1) is 0 Å². The first-order valence-corrected chi connectivity index (χ1v) is 12.3. The molecular formula is C26H45NO4. The maximum Gasteiger partial charge on any atom is 0.160 e. The van der Waals surface area contributed by atoms with E-state index in [2.05, 4.69) is 37.9 Å². The molecule has 1 saturated carbocycles. The van der Waals surface area contributed by atoms with Crippen molar-refractivity contribution in [2.45, 2.75) is 89.9 Å². The molecule has 1 aromatic rings. The van der Waals surface area contributed by atoms with Crippen LogP contribution in [0.15, 0.2) is 18.2 Å². The summed E-state index contributed by atoms with van der Waals surface area (Å²) in [4.78, 5) is 2.51. The molecular weight excluding hydrogens is 390 g/mol. The van der Waals surface area contributed by atoms with E-state index in [1.165, 1.54) is 37.7 Å². The van der Waals surface area contributed by atoms with Crippen molar-refractivity contribution in [3.63, 3.8) is 0 Å². The van der Waals surface area contributed by atoms with Gasteiger partial charge in [-0.3, -0.25) is 4.90 Å². The standard InChI is InChI=1S/C26H45NO4/c1-6-8-17-30-22(11-7-2)20-27(3)23-12-9-10-13-24(23)31-18-16-21-14-15-25(28-4)26(19-21)29-5/h14-15,19,22-24H,6-13,16-18,20H2,1-5H3/t22-,23+,24+/m0/s1. The van der Waals surface area contributed by atoms with E-state index >= 15 is 0 Å². The average molecular weight is 436 g/mol. The number of nitrogens with zero attached hydrogens (tertiary/aromatic N) is 1. The van der Waals surface area contributed by atoms with E-state index in [1.54, 1.807) is 14.2 Å². The molecule has 5 heteroatoms. The second-order valence-corrected chi connectivity index (χ2v) is 8.77. The summed E-state index contributed by atoms with van der Waals surface area (Å²) in [5.74, 6) is 1.55. The molecule has 0 unspecified atom stereocenters. The minimum atomic E-state index is 0.303. The number of unbranched alkanes of at least 4 members (excludes halogenated alkanes) is 1. The quantitative estimate of drug-likeness (QED) is 0.341. The lowest BCUT2D eigenvalue weighted by Crippen LogP contribution is -2.47. The predicted octanol–water partition coefficient (Wildman–Crippen LogP) is 5.49. The molecule has 0 bridgehead atoms. The highest BCUT2D eigenvalue weighted by molar-refractivity contribution is 5.42. The third kappa shape index (κ3) is 8.63. The SMILES string of the molecule is CCCCO[C@@H](CCC)CN(C)[C@@H]1CCCC[C@H]1OCCc1ccc(OC)c(OC)c1. The normalized spacial score (nSPS) is 20.1. The molecule has 178 valence electrons. The van der Waals surface area contributed by atoms with Gasteiger partial charge in [0.25, 0.3) is 0 Å². The van der Waals surface area contributed by atoms with Crippen LogP contribution in [0.5, 0.6) is 11.5 Å². The smallest absolute Gasteiger partial charge is 0.160 e. The van der Waals surface area contributed by atoms with Crippen LogP contribution in [0.2, 0.25) is 0 Å². The van der Waals surface area contributed by atoms with Crippen LogP contribution < -0.4 is 9.47 Å². The summed E-state index contributed by atoms with van der Waals surface area (Å²) in [6.07, 6.45) is 11.1. The van der Waals surface area contributed by atoms with Gasteiger partial charge in [0.15, 0.2) is 11.5 Å². The molecule has 0 spiro atoms. The molecule has 0 heterocycles.